The van der Waals surface area contributed by atoms with Gasteiger partial charge in [0.25, 0.3) is 0 Å². The summed E-state index contributed by atoms with van der Waals surface area (Å²) >= 11 is 0. The Hall–Kier alpha value is -1.14. The minimum atomic E-state index is -0.996. The van der Waals surface area contributed by atoms with E-state index < -0.39 is 5.97 Å². The van der Waals surface area contributed by atoms with Crippen LogP contribution in [-0.2, 0) is 14.3 Å². The van der Waals surface area contributed by atoms with Crippen LogP contribution in [0.1, 0.15) is 19.3 Å². The van der Waals surface area contributed by atoms with E-state index in [0.29, 0.717) is 18.9 Å². The third-order valence-corrected chi connectivity index (χ3v) is 2.67. The molecule has 0 aliphatic carbocycles. The summed E-state index contributed by atoms with van der Waals surface area (Å²) in [6, 6.07) is 0. The molecule has 1 unspecified atom stereocenters. The number of hydrogen-bond donors (Lipinski definition) is 3. The summed E-state index contributed by atoms with van der Waals surface area (Å²) < 4.78 is 4.81. The molecule has 0 aromatic carbocycles. The first-order valence-corrected chi connectivity index (χ1v) is 5.95. The summed E-state index contributed by atoms with van der Waals surface area (Å²) in [4.78, 5) is 21.6. The summed E-state index contributed by atoms with van der Waals surface area (Å²) in [5.41, 5.74) is 0. The van der Waals surface area contributed by atoms with Gasteiger partial charge in [0, 0.05) is 13.0 Å². The quantitative estimate of drug-likeness (QED) is 0.530. The van der Waals surface area contributed by atoms with E-state index in [-0.39, 0.29) is 19.1 Å². The molecule has 1 heterocycles. The maximum absolute atomic E-state index is 11.5. The van der Waals surface area contributed by atoms with E-state index in [9.17, 15) is 9.59 Å². The van der Waals surface area contributed by atoms with Crippen molar-refractivity contribution in [2.24, 2.45) is 5.92 Å². The van der Waals surface area contributed by atoms with Gasteiger partial charge in [0.05, 0.1) is 6.61 Å². The van der Waals surface area contributed by atoms with Crippen LogP contribution in [0.5, 0.6) is 0 Å². The van der Waals surface area contributed by atoms with Crippen molar-refractivity contribution in [3.8, 4) is 0 Å². The fourth-order valence-electron chi connectivity index (χ4n) is 1.85. The molecule has 1 fully saturated rings. The van der Waals surface area contributed by atoms with Gasteiger partial charge in [-0.2, -0.15) is 0 Å². The van der Waals surface area contributed by atoms with Gasteiger partial charge in [0.1, 0.15) is 6.61 Å². The standard InChI is InChI=1S/C11H20N2O4/c14-10(6-9-2-1-3-12-7-9)13-4-5-17-8-11(15)16/h9,12H,1-8H2,(H,13,14)(H,15,16). The van der Waals surface area contributed by atoms with Gasteiger partial charge in [0.15, 0.2) is 0 Å². The molecule has 1 amide bonds. The molecule has 6 nitrogen and oxygen atoms in total. The lowest BCUT2D eigenvalue weighted by atomic mass is 9.96. The second kappa shape index (κ2) is 8.03. The number of aliphatic carboxylic acids is 1. The van der Waals surface area contributed by atoms with Crippen molar-refractivity contribution >= 4 is 11.9 Å². The fraction of sp³-hybridized carbons (Fsp3) is 0.818. The number of rotatable bonds is 7. The van der Waals surface area contributed by atoms with Crippen molar-refractivity contribution in [2.45, 2.75) is 19.3 Å². The fourth-order valence-corrected chi connectivity index (χ4v) is 1.85. The highest BCUT2D eigenvalue weighted by atomic mass is 16.5. The molecule has 1 aliphatic heterocycles. The SMILES string of the molecule is O=C(O)COCCNC(=O)CC1CCCNC1. The molecule has 0 aromatic heterocycles. The Bertz CT molecular complexity index is 252. The van der Waals surface area contributed by atoms with E-state index in [1.54, 1.807) is 0 Å². The normalized spacial score (nSPS) is 19.9. The Labute approximate surface area is 101 Å². The highest BCUT2D eigenvalue weighted by molar-refractivity contribution is 5.76. The lowest BCUT2D eigenvalue weighted by molar-refractivity contribution is -0.142. The van der Waals surface area contributed by atoms with E-state index in [0.717, 1.165) is 25.9 Å². The minimum Gasteiger partial charge on any atom is -0.480 e. The topological polar surface area (TPSA) is 87.7 Å². The molecule has 98 valence electrons. The first kappa shape index (κ1) is 13.9. The van der Waals surface area contributed by atoms with Crippen LogP contribution < -0.4 is 10.6 Å². The lowest BCUT2D eigenvalue weighted by Gasteiger charge is -2.22. The smallest absolute Gasteiger partial charge is 0.329 e. The van der Waals surface area contributed by atoms with Gasteiger partial charge >= 0.3 is 5.97 Å². The highest BCUT2D eigenvalue weighted by Gasteiger charge is 2.16. The molecule has 1 aliphatic rings. The average Bonchev–Trinajstić information content (AvgIpc) is 2.29. The van der Waals surface area contributed by atoms with Crippen LogP contribution in [0.15, 0.2) is 0 Å². The average molecular weight is 244 g/mol. The van der Waals surface area contributed by atoms with E-state index >= 15 is 0 Å². The van der Waals surface area contributed by atoms with Crippen LogP contribution in [0.3, 0.4) is 0 Å². The second-order valence-corrected chi connectivity index (χ2v) is 4.21. The summed E-state index contributed by atoms with van der Waals surface area (Å²) in [6.07, 6.45) is 2.75. The van der Waals surface area contributed by atoms with E-state index in [2.05, 4.69) is 10.6 Å². The molecular formula is C11H20N2O4. The van der Waals surface area contributed by atoms with Crippen molar-refractivity contribution < 1.29 is 19.4 Å². The monoisotopic (exact) mass is 244 g/mol. The number of ether oxygens (including phenoxy) is 1. The third kappa shape index (κ3) is 6.91. The zero-order valence-electron chi connectivity index (χ0n) is 9.91. The van der Waals surface area contributed by atoms with E-state index in [4.69, 9.17) is 9.84 Å². The molecule has 1 saturated heterocycles. The van der Waals surface area contributed by atoms with Crippen LogP contribution in [0.2, 0.25) is 0 Å². The molecule has 17 heavy (non-hydrogen) atoms. The Kier molecular flexibility index (Phi) is 6.57. The number of carboxylic acids is 1. The number of carbonyl (C=O) groups is 2. The predicted octanol–water partition coefficient (Wildman–Crippen LogP) is -0.406. The van der Waals surface area contributed by atoms with Crippen LogP contribution in [-0.4, -0.2) is 49.8 Å². The van der Waals surface area contributed by atoms with Crippen LogP contribution in [0.4, 0.5) is 0 Å². The Balaban J connectivity index is 1.98. The van der Waals surface area contributed by atoms with Crippen molar-refractivity contribution in [3.63, 3.8) is 0 Å². The summed E-state index contributed by atoms with van der Waals surface area (Å²) in [5.74, 6) is -0.564. The number of piperidine rings is 1. The Morgan fingerprint density at radius 1 is 1.47 bits per heavy atom. The Morgan fingerprint density at radius 3 is 2.94 bits per heavy atom. The number of hydrogen-bond acceptors (Lipinski definition) is 4. The molecule has 0 spiro atoms. The van der Waals surface area contributed by atoms with Gasteiger partial charge in [-0.3, -0.25) is 4.79 Å². The molecule has 1 atom stereocenters. The highest BCUT2D eigenvalue weighted by Crippen LogP contribution is 2.13. The predicted molar refractivity (Wildman–Crippen MR) is 61.7 cm³/mol. The van der Waals surface area contributed by atoms with Crippen molar-refractivity contribution in [3.05, 3.63) is 0 Å². The molecule has 3 N–H and O–H groups in total. The summed E-state index contributed by atoms with van der Waals surface area (Å²) in [7, 11) is 0. The van der Waals surface area contributed by atoms with Crippen LogP contribution in [0.25, 0.3) is 0 Å². The molecular weight excluding hydrogens is 224 g/mol. The zero-order valence-corrected chi connectivity index (χ0v) is 9.91. The summed E-state index contributed by atoms with van der Waals surface area (Å²) in [6.45, 7) is 2.24. The van der Waals surface area contributed by atoms with Gasteiger partial charge in [-0.15, -0.1) is 0 Å². The third-order valence-electron chi connectivity index (χ3n) is 2.67. The molecule has 0 saturated carbocycles. The van der Waals surface area contributed by atoms with Crippen molar-refractivity contribution in [2.75, 3.05) is 32.8 Å². The molecule has 1 rings (SSSR count). The molecule has 0 aromatic rings. The minimum absolute atomic E-state index is 0.0117. The first-order chi connectivity index (χ1) is 8.18. The molecule has 0 radical (unpaired) electrons. The van der Waals surface area contributed by atoms with E-state index in [1.165, 1.54) is 0 Å². The van der Waals surface area contributed by atoms with Gasteiger partial charge in [-0.25, -0.2) is 4.79 Å². The maximum atomic E-state index is 11.5. The number of carboxylic acid groups (broad SMARTS) is 1. The Morgan fingerprint density at radius 2 is 2.29 bits per heavy atom. The van der Waals surface area contributed by atoms with Gasteiger partial charge in [-0.1, -0.05) is 0 Å². The summed E-state index contributed by atoms with van der Waals surface area (Å²) in [5, 5.41) is 14.3. The number of amides is 1. The molecule has 0 bridgehead atoms. The second-order valence-electron chi connectivity index (χ2n) is 4.21. The number of nitrogens with one attached hydrogen (secondary N) is 2. The van der Waals surface area contributed by atoms with Gasteiger partial charge < -0.3 is 20.5 Å². The molecule has 6 heteroatoms. The van der Waals surface area contributed by atoms with E-state index in [1.807, 2.05) is 0 Å². The number of carbonyl (C=O) groups excluding carboxylic acids is 1. The zero-order chi connectivity index (χ0) is 12.5. The van der Waals surface area contributed by atoms with Gasteiger partial charge in [0.2, 0.25) is 5.91 Å². The first-order valence-electron chi connectivity index (χ1n) is 5.95. The van der Waals surface area contributed by atoms with Crippen LogP contribution >= 0.6 is 0 Å². The maximum Gasteiger partial charge on any atom is 0.329 e. The van der Waals surface area contributed by atoms with Gasteiger partial charge in [-0.05, 0) is 31.8 Å². The van der Waals surface area contributed by atoms with Crippen molar-refractivity contribution in [1.82, 2.24) is 10.6 Å². The van der Waals surface area contributed by atoms with Crippen molar-refractivity contribution in [1.29, 1.82) is 0 Å². The van der Waals surface area contributed by atoms with Crippen LogP contribution in [0, 0.1) is 5.92 Å². The largest absolute Gasteiger partial charge is 0.480 e. The lowest BCUT2D eigenvalue weighted by Crippen LogP contribution is -2.35.